The van der Waals surface area contributed by atoms with Gasteiger partial charge in [0.15, 0.2) is 11.5 Å². The number of rotatable bonds is 9. The van der Waals surface area contributed by atoms with Gasteiger partial charge in [-0.25, -0.2) is 0 Å². The van der Waals surface area contributed by atoms with E-state index >= 15 is 0 Å². The van der Waals surface area contributed by atoms with Crippen LogP contribution in [0.5, 0.6) is 11.5 Å². The van der Waals surface area contributed by atoms with Crippen molar-refractivity contribution in [3.05, 3.63) is 22.7 Å². The molecule has 1 aliphatic rings. The normalized spacial score (nSPS) is 14.7. The number of likely N-dealkylation sites (tertiary alicyclic amines) is 1. The van der Waals surface area contributed by atoms with Crippen LogP contribution in [-0.2, 0) is 0 Å². The number of hydrogen-bond acceptors (Lipinski definition) is 4. The van der Waals surface area contributed by atoms with Crippen LogP contribution < -0.4 is 9.47 Å². The van der Waals surface area contributed by atoms with E-state index in [1.54, 1.807) is 24.1 Å². The molecule has 146 valence electrons. The van der Waals surface area contributed by atoms with Crippen LogP contribution in [0.1, 0.15) is 43.5 Å². The molecule has 0 atom stereocenters. The summed E-state index contributed by atoms with van der Waals surface area (Å²) in [6.45, 7) is 8.71. The van der Waals surface area contributed by atoms with E-state index in [1.807, 2.05) is 7.05 Å². The quantitative estimate of drug-likeness (QED) is 0.648. The molecule has 1 aromatic carbocycles. The lowest BCUT2D eigenvalue weighted by molar-refractivity contribution is 0.0782. The van der Waals surface area contributed by atoms with E-state index in [1.165, 1.54) is 12.8 Å². The van der Waals surface area contributed by atoms with Crippen LogP contribution in [0.2, 0.25) is 5.02 Å². The highest BCUT2D eigenvalue weighted by molar-refractivity contribution is 6.32. The average molecular weight is 383 g/mol. The molecule has 1 fully saturated rings. The maximum Gasteiger partial charge on any atom is 0.253 e. The first-order valence-corrected chi connectivity index (χ1v) is 9.78. The van der Waals surface area contributed by atoms with E-state index in [4.69, 9.17) is 21.1 Å². The lowest BCUT2D eigenvalue weighted by atomic mass is 10.1. The molecule has 0 unspecified atom stereocenters. The Morgan fingerprint density at radius 1 is 1.31 bits per heavy atom. The molecule has 0 aliphatic carbocycles. The number of benzene rings is 1. The molecule has 2 rings (SSSR count). The zero-order valence-electron chi connectivity index (χ0n) is 16.4. The van der Waals surface area contributed by atoms with Gasteiger partial charge in [-0.15, -0.1) is 0 Å². The second-order valence-electron chi connectivity index (χ2n) is 7.30. The Morgan fingerprint density at radius 3 is 2.62 bits per heavy atom. The Balaban J connectivity index is 2.03. The van der Waals surface area contributed by atoms with Crippen LogP contribution in [0.4, 0.5) is 0 Å². The molecule has 26 heavy (non-hydrogen) atoms. The number of halogens is 1. The number of likely N-dealkylation sites (N-methyl/N-ethyl adjacent to an activating group) is 1. The van der Waals surface area contributed by atoms with E-state index in [9.17, 15) is 4.79 Å². The molecule has 1 heterocycles. The molecule has 0 aromatic heterocycles. The first-order valence-electron chi connectivity index (χ1n) is 9.40. The van der Waals surface area contributed by atoms with Gasteiger partial charge in [0.25, 0.3) is 5.91 Å². The van der Waals surface area contributed by atoms with Crippen molar-refractivity contribution >= 4 is 17.5 Å². The summed E-state index contributed by atoms with van der Waals surface area (Å²) in [5.74, 6) is 1.49. The summed E-state index contributed by atoms with van der Waals surface area (Å²) in [6.07, 6.45) is 3.44. The smallest absolute Gasteiger partial charge is 0.253 e. The van der Waals surface area contributed by atoms with Gasteiger partial charge in [-0.2, -0.15) is 0 Å². The lowest BCUT2D eigenvalue weighted by Crippen LogP contribution is -2.35. The summed E-state index contributed by atoms with van der Waals surface area (Å²) in [6, 6.07) is 3.38. The molecule has 1 saturated heterocycles. The van der Waals surface area contributed by atoms with Gasteiger partial charge < -0.3 is 19.3 Å². The Kier molecular flexibility index (Phi) is 8.04. The van der Waals surface area contributed by atoms with Gasteiger partial charge in [-0.3, -0.25) is 4.79 Å². The Hall–Kier alpha value is -1.46. The number of amides is 1. The fraction of sp³-hybridized carbons (Fsp3) is 0.650. The van der Waals surface area contributed by atoms with E-state index in [-0.39, 0.29) is 5.91 Å². The lowest BCUT2D eigenvalue weighted by Gasteiger charge is -2.22. The van der Waals surface area contributed by atoms with Crippen molar-refractivity contribution in [3.8, 4) is 11.5 Å². The Morgan fingerprint density at radius 2 is 2.00 bits per heavy atom. The summed E-state index contributed by atoms with van der Waals surface area (Å²) >= 11 is 6.37. The van der Waals surface area contributed by atoms with E-state index in [0.29, 0.717) is 41.2 Å². The highest BCUT2D eigenvalue weighted by atomic mass is 35.5. The molecule has 1 amide bonds. The third kappa shape index (κ3) is 5.78. The fourth-order valence-electron chi connectivity index (χ4n) is 3.00. The highest BCUT2D eigenvalue weighted by Crippen LogP contribution is 2.37. The summed E-state index contributed by atoms with van der Waals surface area (Å²) in [5.41, 5.74) is 0.520. The van der Waals surface area contributed by atoms with Gasteiger partial charge in [0, 0.05) is 25.7 Å². The summed E-state index contributed by atoms with van der Waals surface area (Å²) in [4.78, 5) is 16.9. The van der Waals surface area contributed by atoms with Crippen molar-refractivity contribution in [3.63, 3.8) is 0 Å². The highest BCUT2D eigenvalue weighted by Gasteiger charge is 2.19. The monoisotopic (exact) mass is 382 g/mol. The van der Waals surface area contributed by atoms with Crippen molar-refractivity contribution in [2.24, 2.45) is 5.92 Å². The maximum atomic E-state index is 12.7. The molecular formula is C20H31ClN2O3. The zero-order valence-corrected chi connectivity index (χ0v) is 17.1. The van der Waals surface area contributed by atoms with Gasteiger partial charge in [0.05, 0.1) is 18.7 Å². The molecule has 6 heteroatoms. The molecule has 0 bridgehead atoms. The van der Waals surface area contributed by atoms with Crippen LogP contribution in [-0.4, -0.2) is 62.7 Å². The first-order chi connectivity index (χ1) is 12.4. The average Bonchev–Trinajstić information content (AvgIpc) is 3.13. The molecular weight excluding hydrogens is 352 g/mol. The zero-order chi connectivity index (χ0) is 19.1. The molecule has 0 radical (unpaired) electrons. The second-order valence-corrected chi connectivity index (χ2v) is 7.70. The third-order valence-electron chi connectivity index (χ3n) is 4.72. The predicted octanol–water partition coefficient (Wildman–Crippen LogP) is 3.94. The van der Waals surface area contributed by atoms with Gasteiger partial charge in [-0.1, -0.05) is 25.4 Å². The minimum absolute atomic E-state index is 0.0573. The van der Waals surface area contributed by atoms with E-state index in [2.05, 4.69) is 18.7 Å². The number of carbonyl (C=O) groups excluding carboxylic acids is 1. The molecule has 1 aliphatic heterocycles. The largest absolute Gasteiger partial charge is 0.493 e. The molecule has 0 N–H and O–H groups in total. The summed E-state index contributed by atoms with van der Waals surface area (Å²) in [7, 11) is 3.39. The van der Waals surface area contributed by atoms with Crippen molar-refractivity contribution in [1.29, 1.82) is 0 Å². The van der Waals surface area contributed by atoms with Crippen LogP contribution in [0.25, 0.3) is 0 Å². The number of hydrogen-bond donors (Lipinski definition) is 0. The summed E-state index contributed by atoms with van der Waals surface area (Å²) in [5, 5.41) is 0.407. The van der Waals surface area contributed by atoms with Crippen molar-refractivity contribution in [2.75, 3.05) is 46.9 Å². The minimum Gasteiger partial charge on any atom is -0.493 e. The van der Waals surface area contributed by atoms with Crippen LogP contribution in [0.3, 0.4) is 0 Å². The van der Waals surface area contributed by atoms with Crippen molar-refractivity contribution < 1.29 is 14.3 Å². The van der Waals surface area contributed by atoms with Gasteiger partial charge >= 0.3 is 0 Å². The molecule has 0 spiro atoms. The fourth-order valence-corrected chi connectivity index (χ4v) is 3.26. The topological polar surface area (TPSA) is 42.0 Å². The first kappa shape index (κ1) is 20.8. The number of nitrogens with zero attached hydrogens (tertiary/aromatic N) is 2. The third-order valence-corrected chi connectivity index (χ3v) is 5.00. The molecule has 1 aromatic rings. The van der Waals surface area contributed by atoms with Crippen molar-refractivity contribution in [1.82, 2.24) is 9.80 Å². The van der Waals surface area contributed by atoms with Gasteiger partial charge in [0.2, 0.25) is 0 Å². The SMILES string of the molecule is COc1cc(C(=O)N(C)CCN2CCCC2)cc(Cl)c1OCCC(C)C. The summed E-state index contributed by atoms with van der Waals surface area (Å²) < 4.78 is 11.2. The Bertz CT molecular complexity index is 601. The number of methoxy groups -OCH3 is 1. The maximum absolute atomic E-state index is 12.7. The molecule has 5 nitrogen and oxygen atoms in total. The van der Waals surface area contributed by atoms with E-state index < -0.39 is 0 Å². The van der Waals surface area contributed by atoms with Crippen LogP contribution in [0, 0.1) is 5.92 Å². The number of carbonyl (C=O) groups is 1. The van der Waals surface area contributed by atoms with Crippen LogP contribution >= 0.6 is 11.6 Å². The van der Waals surface area contributed by atoms with E-state index in [0.717, 1.165) is 26.1 Å². The predicted molar refractivity (Wildman–Crippen MR) is 106 cm³/mol. The molecule has 0 saturated carbocycles. The van der Waals surface area contributed by atoms with Gasteiger partial charge in [-0.05, 0) is 50.4 Å². The Labute approximate surface area is 162 Å². The minimum atomic E-state index is -0.0573. The van der Waals surface area contributed by atoms with Gasteiger partial charge in [0.1, 0.15) is 0 Å². The second kappa shape index (κ2) is 10.0. The van der Waals surface area contributed by atoms with Crippen LogP contribution in [0.15, 0.2) is 12.1 Å². The standard InChI is InChI=1S/C20H31ClN2O3/c1-15(2)7-12-26-19-17(21)13-16(14-18(19)25-4)20(24)22(3)10-11-23-8-5-6-9-23/h13-15H,5-12H2,1-4H3. The number of ether oxygens (including phenoxy) is 2. The van der Waals surface area contributed by atoms with Crippen molar-refractivity contribution in [2.45, 2.75) is 33.1 Å².